The lowest BCUT2D eigenvalue weighted by Crippen LogP contribution is -2.14. The number of benzene rings is 1. The third kappa shape index (κ3) is 3.45. The van der Waals surface area contributed by atoms with Gasteiger partial charge in [-0.3, -0.25) is 9.40 Å². The topological polar surface area (TPSA) is 84.2 Å². The maximum atomic E-state index is 12.5. The molecular formula is C13H16BrN3O3S. The molecule has 2 N–H and O–H groups in total. The Morgan fingerprint density at radius 2 is 2.14 bits per heavy atom. The lowest BCUT2D eigenvalue weighted by atomic mass is 10.2. The van der Waals surface area contributed by atoms with Crippen LogP contribution in [0.15, 0.2) is 33.8 Å². The molecule has 0 atom stereocenters. The predicted molar refractivity (Wildman–Crippen MR) is 83.5 cm³/mol. The first-order valence-corrected chi connectivity index (χ1v) is 8.59. The number of aryl methyl sites for hydroxylation is 2. The fourth-order valence-corrected chi connectivity index (χ4v) is 4.14. The van der Waals surface area contributed by atoms with Gasteiger partial charge >= 0.3 is 0 Å². The van der Waals surface area contributed by atoms with Crippen molar-refractivity contribution < 1.29 is 13.5 Å². The summed E-state index contributed by atoms with van der Waals surface area (Å²) in [5.41, 5.74) is 1.79. The Balaban J connectivity index is 2.38. The normalized spacial score (nSPS) is 11.6. The zero-order valence-electron chi connectivity index (χ0n) is 11.7. The van der Waals surface area contributed by atoms with E-state index >= 15 is 0 Å². The molecule has 114 valence electrons. The van der Waals surface area contributed by atoms with Crippen LogP contribution < -0.4 is 4.72 Å². The van der Waals surface area contributed by atoms with E-state index in [1.165, 1.54) is 6.07 Å². The highest BCUT2D eigenvalue weighted by Crippen LogP contribution is 2.26. The van der Waals surface area contributed by atoms with Gasteiger partial charge < -0.3 is 5.11 Å². The van der Waals surface area contributed by atoms with Gasteiger partial charge in [0.2, 0.25) is 0 Å². The van der Waals surface area contributed by atoms with Crippen molar-refractivity contribution in [2.75, 3.05) is 4.72 Å². The zero-order chi connectivity index (χ0) is 15.6. The Labute approximate surface area is 132 Å². The predicted octanol–water partition coefficient (Wildman–Crippen LogP) is 2.04. The van der Waals surface area contributed by atoms with Crippen molar-refractivity contribution >= 4 is 31.6 Å². The summed E-state index contributed by atoms with van der Waals surface area (Å²) in [7, 11) is -1.98. The first kappa shape index (κ1) is 16.0. The average Bonchev–Trinajstić information content (AvgIpc) is 2.77. The number of sulfonamides is 1. The largest absolute Gasteiger partial charge is 0.392 e. The number of nitrogens with one attached hydrogen (secondary N) is 1. The van der Waals surface area contributed by atoms with E-state index < -0.39 is 10.0 Å². The van der Waals surface area contributed by atoms with Crippen LogP contribution >= 0.6 is 15.9 Å². The molecule has 2 aromatic rings. The van der Waals surface area contributed by atoms with Gasteiger partial charge in [0.15, 0.2) is 0 Å². The minimum Gasteiger partial charge on any atom is -0.392 e. The van der Waals surface area contributed by atoms with E-state index in [9.17, 15) is 8.42 Å². The summed E-state index contributed by atoms with van der Waals surface area (Å²) in [4.78, 5) is 0.116. The van der Waals surface area contributed by atoms with Gasteiger partial charge in [-0.05, 0) is 40.0 Å². The maximum absolute atomic E-state index is 12.5. The summed E-state index contributed by atoms with van der Waals surface area (Å²) in [6.45, 7) is 1.76. The average molecular weight is 374 g/mol. The first-order chi connectivity index (χ1) is 9.87. The molecule has 0 bridgehead atoms. The van der Waals surface area contributed by atoms with Gasteiger partial charge in [0.1, 0.15) is 4.90 Å². The van der Waals surface area contributed by atoms with Gasteiger partial charge in [0.05, 0.1) is 18.0 Å². The second-order valence-electron chi connectivity index (χ2n) is 4.55. The van der Waals surface area contributed by atoms with Crippen molar-refractivity contribution in [2.24, 2.45) is 7.05 Å². The minimum absolute atomic E-state index is 0.116. The summed E-state index contributed by atoms with van der Waals surface area (Å²) in [5, 5.41) is 13.3. The molecule has 0 saturated carbocycles. The molecule has 0 saturated heterocycles. The Kier molecular flexibility index (Phi) is 4.70. The lowest BCUT2D eigenvalue weighted by Gasteiger charge is -2.10. The quantitative estimate of drug-likeness (QED) is 0.839. The first-order valence-electron chi connectivity index (χ1n) is 6.32. The van der Waals surface area contributed by atoms with Crippen LogP contribution in [0.2, 0.25) is 0 Å². The standard InChI is InChI=1S/C13H16BrN3O3S/c1-3-11-12(7-17(2)15-11)16-21(19,20)13-5-4-9(8-18)6-10(13)14/h4-7,16,18H,3,8H2,1-2H3. The number of rotatable bonds is 5. The van der Waals surface area contributed by atoms with Crippen LogP contribution in [0.4, 0.5) is 5.69 Å². The van der Waals surface area contributed by atoms with Gasteiger partial charge in [-0.2, -0.15) is 5.10 Å². The van der Waals surface area contributed by atoms with Crippen molar-refractivity contribution in [2.45, 2.75) is 24.8 Å². The molecular weight excluding hydrogens is 358 g/mol. The Bertz CT molecular complexity index is 756. The van der Waals surface area contributed by atoms with Gasteiger partial charge in [0, 0.05) is 17.7 Å². The van der Waals surface area contributed by atoms with E-state index in [1.54, 1.807) is 30.1 Å². The van der Waals surface area contributed by atoms with Crippen molar-refractivity contribution in [3.05, 3.63) is 40.1 Å². The lowest BCUT2D eigenvalue weighted by molar-refractivity contribution is 0.281. The molecule has 21 heavy (non-hydrogen) atoms. The summed E-state index contributed by atoms with van der Waals surface area (Å²) in [6.07, 6.45) is 2.26. The zero-order valence-corrected chi connectivity index (χ0v) is 14.1. The van der Waals surface area contributed by atoms with E-state index in [0.29, 0.717) is 27.8 Å². The molecule has 0 fully saturated rings. The van der Waals surface area contributed by atoms with Gasteiger partial charge in [0.25, 0.3) is 10.0 Å². The number of aliphatic hydroxyl groups excluding tert-OH is 1. The fourth-order valence-electron chi connectivity index (χ4n) is 1.94. The van der Waals surface area contributed by atoms with Gasteiger partial charge in [-0.15, -0.1) is 0 Å². The van der Waals surface area contributed by atoms with Crippen molar-refractivity contribution in [1.82, 2.24) is 9.78 Å². The Hall–Kier alpha value is -1.38. The number of aliphatic hydroxyl groups is 1. The molecule has 1 heterocycles. The smallest absolute Gasteiger partial charge is 0.263 e. The van der Waals surface area contributed by atoms with Crippen LogP contribution in [0.5, 0.6) is 0 Å². The summed E-state index contributed by atoms with van der Waals surface area (Å²) in [5.74, 6) is 0. The third-order valence-corrected chi connectivity index (χ3v) is 5.30. The molecule has 1 aromatic heterocycles. The summed E-state index contributed by atoms with van der Waals surface area (Å²) >= 11 is 3.23. The van der Waals surface area contributed by atoms with Crippen LogP contribution in [-0.2, 0) is 30.1 Å². The van der Waals surface area contributed by atoms with Crippen LogP contribution in [0, 0.1) is 0 Å². The number of halogens is 1. The van der Waals surface area contributed by atoms with Crippen molar-refractivity contribution in [1.29, 1.82) is 0 Å². The molecule has 0 aliphatic rings. The molecule has 0 unspecified atom stereocenters. The highest BCUT2D eigenvalue weighted by molar-refractivity contribution is 9.10. The monoisotopic (exact) mass is 373 g/mol. The number of hydrogen-bond donors (Lipinski definition) is 2. The van der Waals surface area contributed by atoms with Gasteiger partial charge in [-0.1, -0.05) is 13.0 Å². The SMILES string of the molecule is CCc1nn(C)cc1NS(=O)(=O)c1ccc(CO)cc1Br. The molecule has 0 spiro atoms. The van der Waals surface area contributed by atoms with E-state index in [2.05, 4.69) is 25.8 Å². The number of nitrogens with zero attached hydrogens (tertiary/aromatic N) is 2. The highest BCUT2D eigenvalue weighted by atomic mass is 79.9. The molecule has 0 amide bonds. The van der Waals surface area contributed by atoms with Gasteiger partial charge in [-0.25, -0.2) is 8.42 Å². The van der Waals surface area contributed by atoms with E-state index in [1.807, 2.05) is 6.92 Å². The second-order valence-corrected chi connectivity index (χ2v) is 7.05. The molecule has 1 aromatic carbocycles. The number of anilines is 1. The Morgan fingerprint density at radius 1 is 1.43 bits per heavy atom. The van der Waals surface area contributed by atoms with Crippen LogP contribution in [-0.4, -0.2) is 23.3 Å². The van der Waals surface area contributed by atoms with Crippen molar-refractivity contribution in [3.63, 3.8) is 0 Å². The highest BCUT2D eigenvalue weighted by Gasteiger charge is 2.20. The molecule has 0 radical (unpaired) electrons. The maximum Gasteiger partial charge on any atom is 0.263 e. The van der Waals surface area contributed by atoms with Crippen LogP contribution in [0.3, 0.4) is 0 Å². The summed E-state index contributed by atoms with van der Waals surface area (Å²) in [6, 6.07) is 4.61. The molecule has 0 aliphatic carbocycles. The molecule has 6 nitrogen and oxygen atoms in total. The molecule has 8 heteroatoms. The van der Waals surface area contributed by atoms with Crippen LogP contribution in [0.1, 0.15) is 18.2 Å². The second kappa shape index (κ2) is 6.17. The third-order valence-electron chi connectivity index (χ3n) is 2.95. The Morgan fingerprint density at radius 3 is 2.71 bits per heavy atom. The number of aromatic nitrogens is 2. The van der Waals surface area contributed by atoms with E-state index in [0.717, 1.165) is 0 Å². The minimum atomic E-state index is -3.72. The van der Waals surface area contributed by atoms with Crippen LogP contribution in [0.25, 0.3) is 0 Å². The molecule has 0 aliphatic heterocycles. The summed E-state index contributed by atoms with van der Waals surface area (Å²) < 4.78 is 29.4. The van der Waals surface area contributed by atoms with E-state index in [-0.39, 0.29) is 11.5 Å². The fraction of sp³-hybridized carbons (Fsp3) is 0.308. The number of hydrogen-bond acceptors (Lipinski definition) is 4. The van der Waals surface area contributed by atoms with Crippen molar-refractivity contribution in [3.8, 4) is 0 Å². The molecule has 2 rings (SSSR count). The van der Waals surface area contributed by atoms with E-state index in [4.69, 9.17) is 5.11 Å².